The summed E-state index contributed by atoms with van der Waals surface area (Å²) in [6, 6.07) is 17.2. The van der Waals surface area contributed by atoms with E-state index >= 15 is 0 Å². The average Bonchev–Trinajstić information content (AvgIpc) is 2.47. The van der Waals surface area contributed by atoms with E-state index in [1.54, 1.807) is 12.1 Å². The van der Waals surface area contributed by atoms with Gasteiger partial charge in [-0.2, -0.15) is 5.26 Å². The molecule has 3 nitrogen and oxygen atoms in total. The number of fused-ring (bicyclic) bond motifs is 1. The summed E-state index contributed by atoms with van der Waals surface area (Å²) in [5, 5.41) is 10.0. The Morgan fingerprint density at radius 2 is 1.80 bits per heavy atom. The first-order valence-corrected chi connectivity index (χ1v) is 6.50. The number of para-hydroxylation sites is 1. The Balaban J connectivity index is 2.20. The Hall–Kier alpha value is -2.44. The number of nitrogens with zero attached hydrogens (tertiary/aromatic N) is 1. The molecule has 0 saturated heterocycles. The molecule has 1 heterocycles. The molecule has 0 bridgehead atoms. The van der Waals surface area contributed by atoms with Gasteiger partial charge in [0, 0.05) is 10.6 Å². The molecule has 1 unspecified atom stereocenters. The van der Waals surface area contributed by atoms with E-state index < -0.39 is 0 Å². The van der Waals surface area contributed by atoms with Gasteiger partial charge in [-0.25, -0.2) is 0 Å². The van der Waals surface area contributed by atoms with Crippen molar-refractivity contribution in [2.24, 2.45) is 5.73 Å². The zero-order valence-corrected chi connectivity index (χ0v) is 11.3. The lowest BCUT2D eigenvalue weighted by Crippen LogP contribution is -2.20. The van der Waals surface area contributed by atoms with Crippen molar-refractivity contribution in [2.75, 3.05) is 0 Å². The highest BCUT2D eigenvalue weighted by Gasteiger charge is 2.29. The molecule has 2 N–H and O–H groups in total. The SMILES string of the molecule is N#CC1=C(N)Oc2ccccc2C1c1ccc(Cl)cc1. The predicted octanol–water partition coefficient (Wildman–Crippen LogP) is 3.56. The van der Waals surface area contributed by atoms with E-state index in [-0.39, 0.29) is 11.8 Å². The molecular weight excluding hydrogens is 272 g/mol. The van der Waals surface area contributed by atoms with Gasteiger partial charge < -0.3 is 10.5 Å². The summed E-state index contributed by atoms with van der Waals surface area (Å²) in [5.41, 5.74) is 8.19. The number of allylic oxidation sites excluding steroid dienone is 1. The number of nitrogens with two attached hydrogens (primary N) is 1. The molecule has 4 heteroatoms. The molecule has 0 aliphatic carbocycles. The molecule has 0 radical (unpaired) electrons. The number of hydrogen-bond acceptors (Lipinski definition) is 3. The van der Waals surface area contributed by atoms with Gasteiger partial charge in [-0.3, -0.25) is 0 Å². The second-order valence-corrected chi connectivity index (χ2v) is 4.95. The molecule has 1 aliphatic rings. The molecule has 98 valence electrons. The Morgan fingerprint density at radius 3 is 2.50 bits per heavy atom. The molecular formula is C16H11ClN2O. The first-order valence-electron chi connectivity index (χ1n) is 6.12. The summed E-state index contributed by atoms with van der Waals surface area (Å²) in [6.07, 6.45) is 0. The maximum absolute atomic E-state index is 9.38. The highest BCUT2D eigenvalue weighted by atomic mass is 35.5. The van der Waals surface area contributed by atoms with Crippen LogP contribution < -0.4 is 10.5 Å². The summed E-state index contributed by atoms with van der Waals surface area (Å²) in [7, 11) is 0. The van der Waals surface area contributed by atoms with Gasteiger partial charge in [0.15, 0.2) is 0 Å². The van der Waals surface area contributed by atoms with Crippen LogP contribution in [0.15, 0.2) is 60.0 Å². The van der Waals surface area contributed by atoms with Crippen molar-refractivity contribution in [2.45, 2.75) is 5.92 Å². The lowest BCUT2D eigenvalue weighted by atomic mass is 9.84. The van der Waals surface area contributed by atoms with Crippen molar-refractivity contribution in [3.8, 4) is 11.8 Å². The molecule has 0 saturated carbocycles. The maximum Gasteiger partial charge on any atom is 0.205 e. The monoisotopic (exact) mass is 282 g/mol. The minimum absolute atomic E-state index is 0.158. The molecule has 0 spiro atoms. The van der Waals surface area contributed by atoms with E-state index in [1.807, 2.05) is 36.4 Å². The molecule has 2 aromatic carbocycles. The van der Waals surface area contributed by atoms with Gasteiger partial charge in [0.25, 0.3) is 0 Å². The fourth-order valence-electron chi connectivity index (χ4n) is 2.40. The van der Waals surface area contributed by atoms with Gasteiger partial charge in [0.2, 0.25) is 5.88 Å². The van der Waals surface area contributed by atoms with Crippen LogP contribution in [0.4, 0.5) is 0 Å². The molecule has 0 amide bonds. The van der Waals surface area contributed by atoms with E-state index in [2.05, 4.69) is 6.07 Å². The third-order valence-corrected chi connectivity index (χ3v) is 3.58. The van der Waals surface area contributed by atoms with Crippen LogP contribution in [0.1, 0.15) is 17.0 Å². The van der Waals surface area contributed by atoms with E-state index in [0.29, 0.717) is 16.3 Å². The Labute approximate surface area is 121 Å². The highest BCUT2D eigenvalue weighted by Crippen LogP contribution is 2.41. The van der Waals surface area contributed by atoms with Crippen molar-refractivity contribution in [3.05, 3.63) is 76.1 Å². The standard InChI is InChI=1S/C16H11ClN2O/c17-11-7-5-10(6-8-11)15-12-3-1-2-4-14(12)20-16(19)13(15)9-18/h1-8,15H,19H2. The second-order valence-electron chi connectivity index (χ2n) is 4.51. The zero-order valence-electron chi connectivity index (χ0n) is 10.5. The summed E-state index contributed by atoms with van der Waals surface area (Å²) in [6.45, 7) is 0. The molecule has 3 rings (SSSR count). The summed E-state index contributed by atoms with van der Waals surface area (Å²) >= 11 is 5.92. The Bertz CT molecular complexity index is 729. The van der Waals surface area contributed by atoms with Gasteiger partial charge in [0.1, 0.15) is 17.4 Å². The minimum Gasteiger partial charge on any atom is -0.440 e. The summed E-state index contributed by atoms with van der Waals surface area (Å²) < 4.78 is 5.52. The Morgan fingerprint density at radius 1 is 1.10 bits per heavy atom. The van der Waals surface area contributed by atoms with Crippen molar-refractivity contribution in [1.82, 2.24) is 0 Å². The molecule has 1 atom stereocenters. The van der Waals surface area contributed by atoms with Crippen LogP contribution in [0, 0.1) is 11.3 Å². The lowest BCUT2D eigenvalue weighted by Gasteiger charge is -2.26. The molecule has 1 aliphatic heterocycles. The molecule has 20 heavy (non-hydrogen) atoms. The van der Waals surface area contributed by atoms with Crippen LogP contribution in [0.25, 0.3) is 0 Å². The number of ether oxygens (including phenoxy) is 1. The maximum atomic E-state index is 9.38. The molecule has 2 aromatic rings. The smallest absolute Gasteiger partial charge is 0.205 e. The van der Waals surface area contributed by atoms with Crippen molar-refractivity contribution >= 4 is 11.6 Å². The van der Waals surface area contributed by atoms with E-state index in [1.165, 1.54) is 0 Å². The first-order chi connectivity index (χ1) is 9.70. The van der Waals surface area contributed by atoms with Gasteiger partial charge in [-0.05, 0) is 23.8 Å². The van der Waals surface area contributed by atoms with E-state index in [4.69, 9.17) is 22.1 Å². The van der Waals surface area contributed by atoms with Crippen LogP contribution in [0.5, 0.6) is 5.75 Å². The Kier molecular flexibility index (Phi) is 3.09. The fraction of sp³-hybridized carbons (Fsp3) is 0.0625. The molecule has 0 fully saturated rings. The lowest BCUT2D eigenvalue weighted by molar-refractivity contribution is 0.393. The normalized spacial score (nSPS) is 17.1. The van der Waals surface area contributed by atoms with E-state index in [0.717, 1.165) is 11.1 Å². The van der Waals surface area contributed by atoms with Crippen molar-refractivity contribution in [1.29, 1.82) is 5.26 Å². The predicted molar refractivity (Wildman–Crippen MR) is 77.2 cm³/mol. The van der Waals surface area contributed by atoms with Crippen LogP contribution in [-0.4, -0.2) is 0 Å². The summed E-state index contributed by atoms with van der Waals surface area (Å²) in [5.74, 6) is 0.623. The average molecular weight is 283 g/mol. The van der Waals surface area contributed by atoms with Crippen LogP contribution in [0.3, 0.4) is 0 Å². The van der Waals surface area contributed by atoms with Gasteiger partial charge in [-0.15, -0.1) is 0 Å². The number of rotatable bonds is 1. The van der Waals surface area contributed by atoms with Crippen molar-refractivity contribution < 1.29 is 4.74 Å². The van der Waals surface area contributed by atoms with Crippen LogP contribution in [0.2, 0.25) is 5.02 Å². The van der Waals surface area contributed by atoms with Gasteiger partial charge >= 0.3 is 0 Å². The second kappa shape index (κ2) is 4.92. The topological polar surface area (TPSA) is 59.0 Å². The largest absolute Gasteiger partial charge is 0.440 e. The summed E-state index contributed by atoms with van der Waals surface area (Å²) in [4.78, 5) is 0. The van der Waals surface area contributed by atoms with Gasteiger partial charge in [-0.1, -0.05) is 41.9 Å². The van der Waals surface area contributed by atoms with Crippen LogP contribution >= 0.6 is 11.6 Å². The molecule has 0 aromatic heterocycles. The number of halogens is 1. The van der Waals surface area contributed by atoms with Gasteiger partial charge in [0.05, 0.1) is 5.92 Å². The van der Waals surface area contributed by atoms with Crippen molar-refractivity contribution in [3.63, 3.8) is 0 Å². The first kappa shape index (κ1) is 12.6. The third kappa shape index (κ3) is 2.01. The zero-order chi connectivity index (χ0) is 14.1. The van der Waals surface area contributed by atoms with E-state index in [9.17, 15) is 5.26 Å². The number of benzene rings is 2. The number of hydrogen-bond donors (Lipinski definition) is 1. The quantitative estimate of drug-likeness (QED) is 0.870. The minimum atomic E-state index is -0.220. The fourth-order valence-corrected chi connectivity index (χ4v) is 2.53. The van der Waals surface area contributed by atoms with Crippen LogP contribution in [-0.2, 0) is 0 Å². The highest BCUT2D eigenvalue weighted by molar-refractivity contribution is 6.30. The third-order valence-electron chi connectivity index (χ3n) is 3.33. The number of nitriles is 1.